The average molecular weight is 461 g/mol. The molecule has 0 unspecified atom stereocenters. The molecule has 6 nitrogen and oxygen atoms in total. The van der Waals surface area contributed by atoms with E-state index in [1.165, 1.54) is 11.0 Å². The third-order valence-corrected chi connectivity index (χ3v) is 4.90. The number of thiocarbonyl (C=S) groups is 1. The van der Waals surface area contributed by atoms with Crippen LogP contribution in [0.3, 0.4) is 0 Å². The van der Waals surface area contributed by atoms with Gasteiger partial charge >= 0.3 is 0 Å². The number of nitrogens with one attached hydrogen (secondary N) is 1. The van der Waals surface area contributed by atoms with Crippen LogP contribution >= 0.6 is 28.1 Å². The predicted octanol–water partition coefficient (Wildman–Crippen LogP) is 3.69. The van der Waals surface area contributed by atoms with Gasteiger partial charge in [0, 0.05) is 0 Å². The zero-order chi connectivity index (χ0) is 20.3. The molecule has 1 heterocycles. The number of hydrogen-bond donors (Lipinski definition) is 1. The molecule has 0 saturated carbocycles. The smallest absolute Gasteiger partial charge is 0.270 e. The maximum atomic E-state index is 13.0. The summed E-state index contributed by atoms with van der Waals surface area (Å²) in [5.41, 5.74) is 1.20. The third kappa shape index (κ3) is 4.07. The highest BCUT2D eigenvalue weighted by Crippen LogP contribution is 2.28. The number of hydrogen-bond acceptors (Lipinski definition) is 5. The van der Waals surface area contributed by atoms with Crippen molar-refractivity contribution >= 4 is 56.8 Å². The van der Waals surface area contributed by atoms with E-state index in [1.807, 2.05) is 6.92 Å². The number of ether oxygens (including phenoxy) is 2. The largest absolute Gasteiger partial charge is 0.497 e. The summed E-state index contributed by atoms with van der Waals surface area (Å²) in [6, 6.07) is 12.2. The van der Waals surface area contributed by atoms with Gasteiger partial charge in [0.25, 0.3) is 11.8 Å². The van der Waals surface area contributed by atoms with Gasteiger partial charge in [-0.15, -0.1) is 0 Å². The van der Waals surface area contributed by atoms with E-state index in [2.05, 4.69) is 21.2 Å². The second-order valence-corrected chi connectivity index (χ2v) is 7.02. The lowest BCUT2D eigenvalue weighted by Crippen LogP contribution is -2.54. The Balaban J connectivity index is 1.95. The van der Waals surface area contributed by atoms with Crippen LogP contribution in [-0.4, -0.2) is 30.6 Å². The van der Waals surface area contributed by atoms with Crippen molar-refractivity contribution in [2.24, 2.45) is 0 Å². The van der Waals surface area contributed by atoms with Crippen LogP contribution in [0.25, 0.3) is 6.08 Å². The van der Waals surface area contributed by atoms with Crippen molar-refractivity contribution < 1.29 is 19.1 Å². The molecule has 0 spiro atoms. The molecule has 1 aliphatic heterocycles. The summed E-state index contributed by atoms with van der Waals surface area (Å²) in [5, 5.41) is 2.60. The highest BCUT2D eigenvalue weighted by molar-refractivity contribution is 9.10. The number of carbonyl (C=O) groups excluding carboxylic acids is 2. The van der Waals surface area contributed by atoms with Crippen LogP contribution in [0.15, 0.2) is 52.5 Å². The lowest BCUT2D eigenvalue weighted by Gasteiger charge is -2.29. The molecule has 0 atom stereocenters. The van der Waals surface area contributed by atoms with Crippen LogP contribution in [0.5, 0.6) is 11.5 Å². The molecular weight excluding hydrogens is 444 g/mol. The molecule has 28 heavy (non-hydrogen) atoms. The number of nitrogens with zero attached hydrogens (tertiary/aromatic N) is 1. The molecule has 2 amide bonds. The van der Waals surface area contributed by atoms with E-state index in [0.717, 1.165) is 4.47 Å². The second-order valence-electron chi connectivity index (χ2n) is 5.78. The first-order valence-electron chi connectivity index (χ1n) is 8.42. The van der Waals surface area contributed by atoms with Gasteiger partial charge in [-0.2, -0.15) is 0 Å². The van der Waals surface area contributed by atoms with Gasteiger partial charge in [0.1, 0.15) is 17.1 Å². The molecule has 1 N–H and O–H groups in total. The Morgan fingerprint density at radius 2 is 1.89 bits per heavy atom. The van der Waals surface area contributed by atoms with E-state index in [9.17, 15) is 9.59 Å². The fourth-order valence-electron chi connectivity index (χ4n) is 2.67. The molecule has 3 rings (SSSR count). The highest BCUT2D eigenvalue weighted by atomic mass is 79.9. The Hall–Kier alpha value is -2.71. The zero-order valence-electron chi connectivity index (χ0n) is 15.2. The first kappa shape index (κ1) is 20.0. The van der Waals surface area contributed by atoms with Crippen molar-refractivity contribution in [3.05, 3.63) is 58.1 Å². The molecule has 2 aromatic rings. The van der Waals surface area contributed by atoms with Crippen molar-refractivity contribution in [3.8, 4) is 11.5 Å². The zero-order valence-corrected chi connectivity index (χ0v) is 17.6. The average Bonchev–Trinajstić information content (AvgIpc) is 2.67. The van der Waals surface area contributed by atoms with Crippen molar-refractivity contribution in [2.45, 2.75) is 6.92 Å². The molecule has 8 heteroatoms. The Morgan fingerprint density at radius 3 is 2.50 bits per heavy atom. The van der Waals surface area contributed by atoms with Crippen LogP contribution in [0.2, 0.25) is 0 Å². The number of benzene rings is 2. The lowest BCUT2D eigenvalue weighted by molar-refractivity contribution is -0.122. The summed E-state index contributed by atoms with van der Waals surface area (Å²) in [5.74, 6) is 0.303. The normalized spacial score (nSPS) is 15.6. The molecule has 2 aromatic carbocycles. The van der Waals surface area contributed by atoms with Crippen LogP contribution < -0.4 is 19.7 Å². The fourth-order valence-corrected chi connectivity index (χ4v) is 3.46. The monoisotopic (exact) mass is 460 g/mol. The van der Waals surface area contributed by atoms with Gasteiger partial charge in [-0.3, -0.25) is 19.8 Å². The number of rotatable bonds is 5. The van der Waals surface area contributed by atoms with Gasteiger partial charge in [0.05, 0.1) is 23.9 Å². The van der Waals surface area contributed by atoms with E-state index in [1.54, 1.807) is 49.6 Å². The molecule has 0 radical (unpaired) electrons. The maximum Gasteiger partial charge on any atom is 0.270 e. The fraction of sp³-hybridized carbons (Fsp3) is 0.150. The molecule has 1 aliphatic rings. The van der Waals surface area contributed by atoms with Crippen LogP contribution in [0.1, 0.15) is 12.5 Å². The molecule has 1 fully saturated rings. The van der Waals surface area contributed by atoms with Crippen molar-refractivity contribution in [3.63, 3.8) is 0 Å². The summed E-state index contributed by atoms with van der Waals surface area (Å²) < 4.78 is 11.3. The Bertz CT molecular complexity index is 973. The number of amides is 2. The Labute approximate surface area is 176 Å². The summed E-state index contributed by atoms with van der Waals surface area (Å²) in [7, 11) is 1.56. The molecule has 1 saturated heterocycles. The minimum absolute atomic E-state index is 0.0134. The van der Waals surface area contributed by atoms with Crippen LogP contribution in [-0.2, 0) is 9.59 Å². The van der Waals surface area contributed by atoms with Gasteiger partial charge in [0.15, 0.2) is 5.11 Å². The molecule has 0 aliphatic carbocycles. The summed E-state index contributed by atoms with van der Waals surface area (Å²) >= 11 is 8.63. The maximum absolute atomic E-state index is 13.0. The van der Waals surface area contributed by atoms with Crippen LogP contribution in [0, 0.1) is 0 Å². The van der Waals surface area contributed by atoms with E-state index >= 15 is 0 Å². The van der Waals surface area contributed by atoms with E-state index in [4.69, 9.17) is 21.7 Å². The number of halogens is 1. The minimum atomic E-state index is -0.537. The first-order chi connectivity index (χ1) is 13.4. The molecule has 144 valence electrons. The number of methoxy groups -OCH3 is 1. The second kappa shape index (κ2) is 8.53. The molecule has 0 bridgehead atoms. The Morgan fingerprint density at radius 1 is 1.18 bits per heavy atom. The number of carbonyl (C=O) groups is 2. The van der Waals surface area contributed by atoms with Gasteiger partial charge in [-0.25, -0.2) is 0 Å². The third-order valence-electron chi connectivity index (χ3n) is 4.00. The molecule has 0 aromatic heterocycles. The summed E-state index contributed by atoms with van der Waals surface area (Å²) in [6.45, 7) is 2.43. The lowest BCUT2D eigenvalue weighted by atomic mass is 10.1. The summed E-state index contributed by atoms with van der Waals surface area (Å²) in [4.78, 5) is 26.7. The van der Waals surface area contributed by atoms with Crippen LogP contribution in [0.4, 0.5) is 5.69 Å². The Kier molecular flexibility index (Phi) is 6.11. The van der Waals surface area contributed by atoms with Crippen molar-refractivity contribution in [1.29, 1.82) is 0 Å². The minimum Gasteiger partial charge on any atom is -0.497 e. The standard InChI is InChI=1S/C20H17BrN2O4S/c1-3-27-17-9-4-12(11-16(17)21)10-15-18(24)22-20(28)23(19(15)25)13-5-7-14(26-2)8-6-13/h4-11H,3H2,1-2H3,(H,22,24,28)/b15-10-. The van der Waals surface area contributed by atoms with E-state index in [0.29, 0.717) is 29.4 Å². The predicted molar refractivity (Wildman–Crippen MR) is 115 cm³/mol. The highest BCUT2D eigenvalue weighted by Gasteiger charge is 2.34. The van der Waals surface area contributed by atoms with Crippen molar-refractivity contribution in [2.75, 3.05) is 18.6 Å². The topological polar surface area (TPSA) is 67.9 Å². The van der Waals surface area contributed by atoms with E-state index in [-0.39, 0.29) is 10.7 Å². The van der Waals surface area contributed by atoms with Gasteiger partial charge < -0.3 is 9.47 Å². The number of anilines is 1. The van der Waals surface area contributed by atoms with Gasteiger partial charge in [-0.1, -0.05) is 6.07 Å². The molecular formula is C20H17BrN2O4S. The summed E-state index contributed by atoms with van der Waals surface area (Å²) in [6.07, 6.45) is 1.52. The first-order valence-corrected chi connectivity index (χ1v) is 9.62. The van der Waals surface area contributed by atoms with Gasteiger partial charge in [0.2, 0.25) is 0 Å². The SMILES string of the molecule is CCOc1ccc(/C=C2/C(=O)NC(=S)N(c3ccc(OC)cc3)C2=O)cc1Br. The van der Waals surface area contributed by atoms with E-state index < -0.39 is 11.8 Å². The quantitative estimate of drug-likeness (QED) is 0.418. The van der Waals surface area contributed by atoms with Gasteiger partial charge in [-0.05, 0) is 83.1 Å². The van der Waals surface area contributed by atoms with Crippen molar-refractivity contribution in [1.82, 2.24) is 5.32 Å².